The molecule has 0 radical (unpaired) electrons. The number of nitrogens with one attached hydrogen (secondary N) is 1. The van der Waals surface area contributed by atoms with Crippen LogP contribution in [0.2, 0.25) is 0 Å². The van der Waals surface area contributed by atoms with E-state index in [-0.39, 0.29) is 0 Å². The van der Waals surface area contributed by atoms with Gasteiger partial charge in [-0.25, -0.2) is 20.8 Å². The van der Waals surface area contributed by atoms with Crippen LogP contribution >= 0.6 is 11.8 Å². The van der Waals surface area contributed by atoms with Crippen LogP contribution in [-0.4, -0.2) is 19.4 Å². The number of imidazole rings is 1. The number of rotatable bonds is 3. The van der Waals surface area contributed by atoms with Crippen LogP contribution in [0.25, 0.3) is 5.65 Å². The van der Waals surface area contributed by atoms with E-state index >= 15 is 0 Å². The zero-order valence-corrected chi connectivity index (χ0v) is 10.1. The third-order valence-electron chi connectivity index (χ3n) is 2.33. The van der Waals surface area contributed by atoms with Crippen molar-refractivity contribution in [3.63, 3.8) is 0 Å². The number of aromatic nitrogens is 4. The molecule has 3 rings (SSSR count). The average molecular weight is 258 g/mol. The van der Waals surface area contributed by atoms with Gasteiger partial charge >= 0.3 is 0 Å². The number of nitrogens with two attached hydrogens (primary N) is 1. The molecule has 6 nitrogen and oxygen atoms in total. The van der Waals surface area contributed by atoms with Gasteiger partial charge in [0.25, 0.3) is 0 Å². The van der Waals surface area contributed by atoms with Gasteiger partial charge < -0.3 is 9.83 Å². The number of hydrogen-bond donors (Lipinski definition) is 2. The molecule has 90 valence electrons. The largest absolute Gasteiger partial charge is 0.307 e. The van der Waals surface area contributed by atoms with E-state index in [0.717, 1.165) is 15.7 Å². The molecule has 7 heteroatoms. The summed E-state index contributed by atoms with van der Waals surface area (Å²) in [4.78, 5) is 12.9. The predicted octanol–water partition coefficient (Wildman–Crippen LogP) is 1.56. The number of anilines is 1. The summed E-state index contributed by atoms with van der Waals surface area (Å²) in [5.41, 5.74) is 3.32. The van der Waals surface area contributed by atoms with E-state index in [1.54, 1.807) is 18.6 Å². The Balaban J connectivity index is 2.07. The highest BCUT2D eigenvalue weighted by Crippen LogP contribution is 2.27. The zero-order chi connectivity index (χ0) is 12.4. The molecule has 0 saturated heterocycles. The Bertz CT molecular complexity index is 666. The first-order chi connectivity index (χ1) is 8.86. The first-order valence-electron chi connectivity index (χ1n) is 5.26. The van der Waals surface area contributed by atoms with Gasteiger partial charge in [0, 0.05) is 18.6 Å². The number of fused-ring (bicyclic) bond motifs is 1. The zero-order valence-electron chi connectivity index (χ0n) is 9.32. The summed E-state index contributed by atoms with van der Waals surface area (Å²) in [6.07, 6.45) is 7.10. The molecule has 0 unspecified atom stereocenters. The number of hydrogen-bond acceptors (Lipinski definition) is 6. The maximum atomic E-state index is 5.40. The van der Waals surface area contributed by atoms with Crippen molar-refractivity contribution in [3.05, 3.63) is 43.0 Å². The standard InChI is InChI=1S/C11H10N6S/c12-16-8-7-17-6-5-14-10(17)11(15-8)18-9-3-1-2-4-13-9/h1-7,16H,12H2. The maximum Gasteiger partial charge on any atom is 0.170 e. The minimum atomic E-state index is 0.582. The summed E-state index contributed by atoms with van der Waals surface area (Å²) in [5.74, 6) is 5.98. The van der Waals surface area contributed by atoms with Crippen molar-refractivity contribution in [3.8, 4) is 0 Å². The first kappa shape index (κ1) is 11.0. The van der Waals surface area contributed by atoms with E-state index in [1.165, 1.54) is 11.8 Å². The molecule has 0 bridgehead atoms. The Morgan fingerprint density at radius 3 is 2.94 bits per heavy atom. The van der Waals surface area contributed by atoms with E-state index in [1.807, 2.05) is 28.8 Å². The molecule has 0 amide bonds. The summed E-state index contributed by atoms with van der Waals surface area (Å²) in [7, 11) is 0. The highest BCUT2D eigenvalue weighted by molar-refractivity contribution is 7.99. The fourth-order valence-corrected chi connectivity index (χ4v) is 2.40. The fraction of sp³-hybridized carbons (Fsp3) is 0. The normalized spacial score (nSPS) is 10.7. The van der Waals surface area contributed by atoms with Gasteiger partial charge in [-0.05, 0) is 23.9 Å². The summed E-state index contributed by atoms with van der Waals surface area (Å²) in [6, 6.07) is 5.73. The fourth-order valence-electron chi connectivity index (χ4n) is 1.55. The molecule has 0 spiro atoms. The van der Waals surface area contributed by atoms with Crippen molar-refractivity contribution in [2.45, 2.75) is 10.1 Å². The van der Waals surface area contributed by atoms with Crippen LogP contribution in [-0.2, 0) is 0 Å². The smallest absolute Gasteiger partial charge is 0.170 e. The molecule has 3 aromatic heterocycles. The van der Waals surface area contributed by atoms with Gasteiger partial charge in [0.2, 0.25) is 0 Å². The third kappa shape index (κ3) is 2.01. The highest BCUT2D eigenvalue weighted by atomic mass is 32.2. The van der Waals surface area contributed by atoms with Crippen LogP contribution < -0.4 is 11.3 Å². The second-order valence-corrected chi connectivity index (χ2v) is 4.51. The SMILES string of the molecule is NNc1cn2ccnc2c(Sc2ccccn2)n1. The molecule has 0 fully saturated rings. The molecule has 0 aliphatic carbocycles. The van der Waals surface area contributed by atoms with Crippen LogP contribution in [0.1, 0.15) is 0 Å². The van der Waals surface area contributed by atoms with Crippen molar-refractivity contribution in [1.82, 2.24) is 19.4 Å². The molecular formula is C11H10N6S. The third-order valence-corrected chi connectivity index (χ3v) is 3.25. The molecule has 0 atom stereocenters. The van der Waals surface area contributed by atoms with Crippen LogP contribution in [0.15, 0.2) is 53.0 Å². The number of nitrogen functional groups attached to an aromatic ring is 1. The summed E-state index contributed by atoms with van der Waals surface area (Å²) in [6.45, 7) is 0. The summed E-state index contributed by atoms with van der Waals surface area (Å²) < 4.78 is 1.87. The van der Waals surface area contributed by atoms with Crippen LogP contribution in [0.3, 0.4) is 0 Å². The minimum Gasteiger partial charge on any atom is -0.307 e. The van der Waals surface area contributed by atoms with Gasteiger partial charge in [0.15, 0.2) is 11.5 Å². The molecule has 0 aliphatic heterocycles. The molecule has 18 heavy (non-hydrogen) atoms. The van der Waals surface area contributed by atoms with Crippen molar-refractivity contribution >= 4 is 23.2 Å². The second kappa shape index (κ2) is 4.63. The predicted molar refractivity (Wildman–Crippen MR) is 69.2 cm³/mol. The lowest BCUT2D eigenvalue weighted by Gasteiger charge is -2.05. The number of nitrogens with zero attached hydrogens (tertiary/aromatic N) is 4. The lowest BCUT2D eigenvalue weighted by atomic mass is 10.5. The topological polar surface area (TPSA) is 81.1 Å². The minimum absolute atomic E-state index is 0.582. The quantitative estimate of drug-likeness (QED) is 0.548. The van der Waals surface area contributed by atoms with E-state index < -0.39 is 0 Å². The second-order valence-electron chi connectivity index (χ2n) is 3.50. The summed E-state index contributed by atoms with van der Waals surface area (Å²) in [5, 5.41) is 1.62. The van der Waals surface area contributed by atoms with Crippen molar-refractivity contribution < 1.29 is 0 Å². The van der Waals surface area contributed by atoms with Gasteiger partial charge in [-0.15, -0.1) is 0 Å². The molecule has 0 aliphatic rings. The van der Waals surface area contributed by atoms with Gasteiger partial charge in [0.1, 0.15) is 10.1 Å². The van der Waals surface area contributed by atoms with Crippen LogP contribution in [0.5, 0.6) is 0 Å². The molecule has 0 saturated carbocycles. The number of hydrazine groups is 1. The Labute approximate surface area is 107 Å². The van der Waals surface area contributed by atoms with E-state index in [0.29, 0.717) is 5.82 Å². The molecular weight excluding hydrogens is 248 g/mol. The Morgan fingerprint density at radius 1 is 1.22 bits per heavy atom. The van der Waals surface area contributed by atoms with Gasteiger partial charge in [-0.2, -0.15) is 0 Å². The highest BCUT2D eigenvalue weighted by Gasteiger charge is 2.09. The lowest BCUT2D eigenvalue weighted by molar-refractivity contribution is 1.02. The van der Waals surface area contributed by atoms with Crippen molar-refractivity contribution in [2.75, 3.05) is 5.43 Å². The van der Waals surface area contributed by atoms with E-state index in [4.69, 9.17) is 5.84 Å². The van der Waals surface area contributed by atoms with Gasteiger partial charge in [0.05, 0.1) is 6.20 Å². The van der Waals surface area contributed by atoms with Crippen molar-refractivity contribution in [2.24, 2.45) is 5.84 Å². The molecule has 3 aromatic rings. The summed E-state index contributed by atoms with van der Waals surface area (Å²) >= 11 is 1.45. The van der Waals surface area contributed by atoms with Crippen LogP contribution in [0.4, 0.5) is 5.82 Å². The van der Waals surface area contributed by atoms with Crippen molar-refractivity contribution in [1.29, 1.82) is 0 Å². The molecule has 3 N–H and O–H groups in total. The molecule has 0 aromatic carbocycles. The Hall–Kier alpha value is -2.12. The average Bonchev–Trinajstić information content (AvgIpc) is 2.88. The van der Waals surface area contributed by atoms with E-state index in [9.17, 15) is 0 Å². The van der Waals surface area contributed by atoms with Gasteiger partial charge in [-0.3, -0.25) is 0 Å². The lowest BCUT2D eigenvalue weighted by Crippen LogP contribution is -2.10. The number of pyridine rings is 1. The van der Waals surface area contributed by atoms with Gasteiger partial charge in [-0.1, -0.05) is 6.07 Å². The first-order valence-corrected chi connectivity index (χ1v) is 6.07. The Morgan fingerprint density at radius 2 is 2.17 bits per heavy atom. The Kier molecular flexibility index (Phi) is 2.83. The maximum absolute atomic E-state index is 5.40. The van der Waals surface area contributed by atoms with Crippen LogP contribution in [0, 0.1) is 0 Å². The van der Waals surface area contributed by atoms with E-state index in [2.05, 4.69) is 20.4 Å². The molecule has 3 heterocycles. The monoisotopic (exact) mass is 258 g/mol.